The first-order valence-corrected chi connectivity index (χ1v) is 8.79. The van der Waals surface area contributed by atoms with Crippen LogP contribution in [-0.2, 0) is 9.53 Å². The van der Waals surface area contributed by atoms with Crippen molar-refractivity contribution in [1.82, 2.24) is 5.32 Å². The highest BCUT2D eigenvalue weighted by atomic mass is 19.1. The maximum absolute atomic E-state index is 13.5. The molecule has 0 bridgehead atoms. The van der Waals surface area contributed by atoms with Gasteiger partial charge < -0.3 is 20.1 Å². The molecule has 2 amide bonds. The standard InChI is InChI=1S/C20H21FN2O4/c21-16-8-2-4-10-18(16)27-13-19(24)23-17-9-3-1-7-15(17)20(25)22-12-14-6-5-11-26-14/h1-4,7-10,14H,5-6,11-13H2,(H,22,25)(H,23,24)/t14-/m1/s1. The molecule has 2 aromatic rings. The van der Waals surface area contributed by atoms with Crippen LogP contribution in [0, 0.1) is 5.82 Å². The van der Waals surface area contributed by atoms with Crippen LogP contribution >= 0.6 is 0 Å². The number of anilines is 1. The Bertz CT molecular complexity index is 806. The molecule has 0 aromatic heterocycles. The van der Waals surface area contributed by atoms with Gasteiger partial charge in [0.15, 0.2) is 18.2 Å². The van der Waals surface area contributed by atoms with E-state index in [1.54, 1.807) is 30.3 Å². The summed E-state index contributed by atoms with van der Waals surface area (Å²) in [5.41, 5.74) is 0.708. The van der Waals surface area contributed by atoms with Crippen LogP contribution in [0.2, 0.25) is 0 Å². The van der Waals surface area contributed by atoms with E-state index in [1.165, 1.54) is 18.2 Å². The minimum Gasteiger partial charge on any atom is -0.481 e. The first kappa shape index (κ1) is 18.8. The molecule has 1 aliphatic heterocycles. The highest BCUT2D eigenvalue weighted by Crippen LogP contribution is 2.17. The van der Waals surface area contributed by atoms with Gasteiger partial charge in [0, 0.05) is 13.2 Å². The van der Waals surface area contributed by atoms with Crippen molar-refractivity contribution >= 4 is 17.5 Å². The summed E-state index contributed by atoms with van der Waals surface area (Å²) in [5.74, 6) is -1.33. The van der Waals surface area contributed by atoms with Crippen LogP contribution in [0.5, 0.6) is 5.75 Å². The van der Waals surface area contributed by atoms with Crippen molar-refractivity contribution in [3.63, 3.8) is 0 Å². The number of hydrogen-bond donors (Lipinski definition) is 2. The monoisotopic (exact) mass is 372 g/mol. The molecule has 0 saturated carbocycles. The lowest BCUT2D eigenvalue weighted by atomic mass is 10.1. The van der Waals surface area contributed by atoms with Gasteiger partial charge in [-0.1, -0.05) is 24.3 Å². The second-order valence-corrected chi connectivity index (χ2v) is 6.16. The lowest BCUT2D eigenvalue weighted by molar-refractivity contribution is -0.118. The van der Waals surface area contributed by atoms with E-state index in [1.807, 2.05) is 0 Å². The summed E-state index contributed by atoms with van der Waals surface area (Å²) in [6.45, 7) is 0.777. The smallest absolute Gasteiger partial charge is 0.262 e. The quantitative estimate of drug-likeness (QED) is 0.784. The van der Waals surface area contributed by atoms with Gasteiger partial charge in [0.05, 0.1) is 17.4 Å². The molecule has 1 saturated heterocycles. The van der Waals surface area contributed by atoms with Crippen molar-refractivity contribution in [2.45, 2.75) is 18.9 Å². The van der Waals surface area contributed by atoms with Crippen molar-refractivity contribution < 1.29 is 23.5 Å². The first-order chi connectivity index (χ1) is 13.1. The Labute approximate surface area is 156 Å². The molecule has 6 nitrogen and oxygen atoms in total. The molecule has 7 heteroatoms. The zero-order valence-electron chi connectivity index (χ0n) is 14.7. The van der Waals surface area contributed by atoms with E-state index in [4.69, 9.17) is 9.47 Å². The number of amides is 2. The van der Waals surface area contributed by atoms with Gasteiger partial charge in [0.2, 0.25) is 0 Å². The number of carbonyl (C=O) groups excluding carboxylic acids is 2. The van der Waals surface area contributed by atoms with Gasteiger partial charge in [-0.25, -0.2) is 4.39 Å². The molecule has 1 fully saturated rings. The maximum Gasteiger partial charge on any atom is 0.262 e. The van der Waals surface area contributed by atoms with E-state index < -0.39 is 11.7 Å². The Balaban J connectivity index is 1.57. The molecule has 2 aromatic carbocycles. The molecule has 27 heavy (non-hydrogen) atoms. The van der Waals surface area contributed by atoms with Crippen LogP contribution in [0.4, 0.5) is 10.1 Å². The number of rotatable bonds is 7. The van der Waals surface area contributed by atoms with E-state index >= 15 is 0 Å². The number of benzene rings is 2. The molecule has 0 aliphatic carbocycles. The van der Waals surface area contributed by atoms with Gasteiger partial charge in [0.25, 0.3) is 11.8 Å². The van der Waals surface area contributed by atoms with Crippen molar-refractivity contribution in [1.29, 1.82) is 0 Å². The number of nitrogens with one attached hydrogen (secondary N) is 2. The number of carbonyl (C=O) groups is 2. The van der Waals surface area contributed by atoms with Crippen molar-refractivity contribution in [3.8, 4) is 5.75 Å². The van der Waals surface area contributed by atoms with Crippen LogP contribution in [-0.4, -0.2) is 37.7 Å². The van der Waals surface area contributed by atoms with E-state index in [9.17, 15) is 14.0 Å². The Morgan fingerprint density at radius 3 is 2.70 bits per heavy atom. The van der Waals surface area contributed by atoms with Gasteiger partial charge in [0.1, 0.15) is 0 Å². The third kappa shape index (κ3) is 5.27. The molecular formula is C20H21FN2O4. The molecule has 1 heterocycles. The van der Waals surface area contributed by atoms with Crippen LogP contribution < -0.4 is 15.4 Å². The van der Waals surface area contributed by atoms with Gasteiger partial charge in [-0.05, 0) is 37.1 Å². The Kier molecular flexibility index (Phi) is 6.38. The fourth-order valence-electron chi connectivity index (χ4n) is 2.79. The molecular weight excluding hydrogens is 351 g/mol. The Morgan fingerprint density at radius 1 is 1.15 bits per heavy atom. The number of hydrogen-bond acceptors (Lipinski definition) is 4. The lowest BCUT2D eigenvalue weighted by Gasteiger charge is -2.14. The normalized spacial score (nSPS) is 16.0. The van der Waals surface area contributed by atoms with E-state index in [-0.39, 0.29) is 24.4 Å². The third-order valence-corrected chi connectivity index (χ3v) is 4.16. The summed E-state index contributed by atoms with van der Waals surface area (Å²) < 4.78 is 24.2. The minimum atomic E-state index is -0.542. The summed E-state index contributed by atoms with van der Waals surface area (Å²) in [7, 11) is 0. The zero-order valence-corrected chi connectivity index (χ0v) is 14.7. The van der Waals surface area contributed by atoms with E-state index in [2.05, 4.69) is 10.6 Å². The van der Waals surface area contributed by atoms with Gasteiger partial charge in [-0.2, -0.15) is 0 Å². The highest BCUT2D eigenvalue weighted by Gasteiger charge is 2.18. The van der Waals surface area contributed by atoms with Crippen LogP contribution in [0.25, 0.3) is 0 Å². The summed E-state index contributed by atoms with van der Waals surface area (Å²) in [6, 6.07) is 12.5. The summed E-state index contributed by atoms with van der Waals surface area (Å²) >= 11 is 0. The van der Waals surface area contributed by atoms with E-state index in [0.29, 0.717) is 17.8 Å². The topological polar surface area (TPSA) is 76.7 Å². The fraction of sp³-hybridized carbons (Fsp3) is 0.300. The number of para-hydroxylation sites is 2. The predicted octanol–water partition coefficient (Wildman–Crippen LogP) is 2.75. The molecule has 1 aliphatic rings. The number of ether oxygens (including phenoxy) is 2. The van der Waals surface area contributed by atoms with Crippen LogP contribution in [0.3, 0.4) is 0 Å². The second-order valence-electron chi connectivity index (χ2n) is 6.16. The zero-order chi connectivity index (χ0) is 19.1. The van der Waals surface area contributed by atoms with Crippen molar-refractivity contribution in [2.75, 3.05) is 25.1 Å². The summed E-state index contributed by atoms with van der Waals surface area (Å²) in [5, 5.41) is 5.45. The van der Waals surface area contributed by atoms with Crippen LogP contribution in [0.15, 0.2) is 48.5 Å². The van der Waals surface area contributed by atoms with Crippen molar-refractivity contribution in [3.05, 3.63) is 59.9 Å². The highest BCUT2D eigenvalue weighted by molar-refractivity contribution is 6.04. The van der Waals surface area contributed by atoms with Gasteiger partial charge in [-0.3, -0.25) is 9.59 Å². The fourth-order valence-corrected chi connectivity index (χ4v) is 2.79. The predicted molar refractivity (Wildman–Crippen MR) is 98.3 cm³/mol. The van der Waals surface area contributed by atoms with Gasteiger partial charge in [-0.15, -0.1) is 0 Å². The second kappa shape index (κ2) is 9.14. The minimum absolute atomic E-state index is 0.00441. The summed E-state index contributed by atoms with van der Waals surface area (Å²) in [4.78, 5) is 24.6. The lowest BCUT2D eigenvalue weighted by Crippen LogP contribution is -2.32. The van der Waals surface area contributed by atoms with Crippen molar-refractivity contribution in [2.24, 2.45) is 0 Å². The molecule has 142 valence electrons. The van der Waals surface area contributed by atoms with Gasteiger partial charge >= 0.3 is 0 Å². The average molecular weight is 372 g/mol. The maximum atomic E-state index is 13.5. The Hall–Kier alpha value is -2.93. The van der Waals surface area contributed by atoms with E-state index in [0.717, 1.165) is 19.4 Å². The SMILES string of the molecule is O=C(COc1ccccc1F)Nc1ccccc1C(=O)NC[C@H]1CCCO1. The molecule has 0 radical (unpaired) electrons. The molecule has 3 rings (SSSR count). The number of halogens is 1. The first-order valence-electron chi connectivity index (χ1n) is 8.79. The molecule has 2 N–H and O–H groups in total. The molecule has 0 unspecified atom stereocenters. The van der Waals surface area contributed by atoms with Crippen LogP contribution in [0.1, 0.15) is 23.2 Å². The molecule has 0 spiro atoms. The Morgan fingerprint density at radius 2 is 1.93 bits per heavy atom. The third-order valence-electron chi connectivity index (χ3n) is 4.16. The summed E-state index contributed by atoms with van der Waals surface area (Å²) in [6.07, 6.45) is 1.95. The largest absolute Gasteiger partial charge is 0.481 e. The molecule has 1 atom stereocenters. The average Bonchev–Trinajstić information content (AvgIpc) is 3.19.